The van der Waals surface area contributed by atoms with Gasteiger partial charge in [0.15, 0.2) is 0 Å². The van der Waals surface area contributed by atoms with E-state index in [1.807, 2.05) is 30.3 Å². The van der Waals surface area contributed by atoms with Crippen LogP contribution in [0, 0.1) is 11.3 Å². The van der Waals surface area contributed by atoms with Gasteiger partial charge in [0.2, 0.25) is 5.95 Å². The smallest absolute Gasteiger partial charge is 0.227 e. The highest BCUT2D eigenvalue weighted by Gasteiger charge is 2.27. The Morgan fingerprint density at radius 1 is 1.13 bits per heavy atom. The van der Waals surface area contributed by atoms with Crippen LogP contribution in [0.2, 0.25) is 0 Å². The predicted octanol–water partition coefficient (Wildman–Crippen LogP) is 3.84. The number of hydrogen-bond donors (Lipinski definition) is 1. The van der Waals surface area contributed by atoms with Crippen LogP contribution in [-0.4, -0.2) is 39.5 Å². The third kappa shape index (κ3) is 5.17. The second kappa shape index (κ2) is 9.92. The highest BCUT2D eigenvalue weighted by Crippen LogP contribution is 2.30. The number of aromatic nitrogens is 3. The Balaban J connectivity index is 1.34. The molecule has 1 saturated heterocycles. The van der Waals surface area contributed by atoms with Crippen LogP contribution in [0.3, 0.4) is 0 Å². The van der Waals surface area contributed by atoms with Crippen LogP contribution < -0.4 is 5.32 Å². The first-order chi connectivity index (χ1) is 14.8. The quantitative estimate of drug-likeness (QED) is 0.575. The van der Waals surface area contributed by atoms with Gasteiger partial charge < -0.3 is 10.1 Å². The average molecular weight is 400 g/mol. The molecule has 3 aromatic rings. The highest BCUT2D eigenvalue weighted by atomic mass is 16.5. The summed E-state index contributed by atoms with van der Waals surface area (Å²) in [6.45, 7) is 3.26. The zero-order valence-corrected chi connectivity index (χ0v) is 16.7. The maximum Gasteiger partial charge on any atom is 0.227 e. The molecule has 1 aromatic carbocycles. The molecular weight excluding hydrogens is 376 g/mol. The van der Waals surface area contributed by atoms with E-state index >= 15 is 0 Å². The van der Waals surface area contributed by atoms with E-state index in [9.17, 15) is 0 Å². The number of likely N-dealkylation sites (tertiary alicyclic amines) is 1. The van der Waals surface area contributed by atoms with E-state index < -0.39 is 0 Å². The fraction of sp³-hybridized carbons (Fsp3) is 0.304. The van der Waals surface area contributed by atoms with Crippen LogP contribution in [-0.2, 0) is 11.3 Å². The summed E-state index contributed by atoms with van der Waals surface area (Å²) >= 11 is 0. The van der Waals surface area contributed by atoms with Crippen LogP contribution in [0.15, 0.2) is 60.9 Å². The minimum Gasteiger partial charge on any atom is -0.375 e. The Kier molecular flexibility index (Phi) is 6.60. The molecule has 7 nitrogen and oxygen atoms in total. The molecule has 30 heavy (non-hydrogen) atoms. The molecule has 1 aliphatic heterocycles. The summed E-state index contributed by atoms with van der Waals surface area (Å²) < 4.78 is 5.87. The molecule has 0 bridgehead atoms. The molecule has 0 amide bonds. The van der Waals surface area contributed by atoms with Crippen molar-refractivity contribution >= 4 is 11.6 Å². The zero-order chi connectivity index (χ0) is 20.6. The van der Waals surface area contributed by atoms with Gasteiger partial charge in [-0.25, -0.2) is 15.0 Å². The minimum absolute atomic E-state index is 0.271. The monoisotopic (exact) mass is 400 g/mol. The fourth-order valence-corrected chi connectivity index (χ4v) is 3.66. The normalized spacial score (nSPS) is 16.3. The molecule has 1 atom stereocenters. The number of pyridine rings is 1. The largest absolute Gasteiger partial charge is 0.375 e. The summed E-state index contributed by atoms with van der Waals surface area (Å²) in [5.41, 5.74) is 3.34. The number of hydrogen-bond acceptors (Lipinski definition) is 7. The van der Waals surface area contributed by atoms with Gasteiger partial charge in [-0.2, -0.15) is 5.26 Å². The number of nitriles is 1. The van der Waals surface area contributed by atoms with Crippen LogP contribution in [0.4, 0.5) is 11.6 Å². The van der Waals surface area contributed by atoms with Crippen LogP contribution in [0.5, 0.6) is 0 Å². The standard InChI is InChI=1S/C23H24N6O/c24-15-19-8-9-20(16-26-19)27-23-25-11-10-21(28-23)22-7-4-12-29(22)13-14-30-17-18-5-2-1-3-6-18/h1-3,5-6,8-11,16,22H,4,7,12-14,17H2,(H,25,27,28)/t22-/m0/s1. The van der Waals surface area contributed by atoms with Gasteiger partial charge in [0.25, 0.3) is 0 Å². The van der Waals surface area contributed by atoms with E-state index in [0.717, 1.165) is 37.3 Å². The van der Waals surface area contributed by atoms with Gasteiger partial charge in [0.1, 0.15) is 11.8 Å². The van der Waals surface area contributed by atoms with Crippen molar-refractivity contribution in [1.29, 1.82) is 5.26 Å². The van der Waals surface area contributed by atoms with Gasteiger partial charge >= 0.3 is 0 Å². The Morgan fingerprint density at radius 3 is 2.83 bits per heavy atom. The van der Waals surface area contributed by atoms with Crippen molar-refractivity contribution in [3.8, 4) is 6.07 Å². The number of anilines is 2. The van der Waals surface area contributed by atoms with Crippen LogP contribution in [0.25, 0.3) is 0 Å². The molecule has 152 valence electrons. The predicted molar refractivity (Wildman–Crippen MR) is 114 cm³/mol. The molecule has 2 aromatic heterocycles. The summed E-state index contributed by atoms with van der Waals surface area (Å²) in [5, 5.41) is 12.0. The first-order valence-electron chi connectivity index (χ1n) is 10.1. The van der Waals surface area contributed by atoms with Crippen LogP contribution in [0.1, 0.15) is 35.8 Å². The molecule has 0 aliphatic carbocycles. The zero-order valence-electron chi connectivity index (χ0n) is 16.7. The maximum atomic E-state index is 8.86. The highest BCUT2D eigenvalue weighted by molar-refractivity contribution is 5.52. The SMILES string of the molecule is N#Cc1ccc(Nc2nccc([C@@H]3CCCN3CCOCc3ccccc3)n2)cn1. The topological polar surface area (TPSA) is 87.0 Å². The van der Waals surface area contributed by atoms with Crippen molar-refractivity contribution in [2.75, 3.05) is 25.0 Å². The number of ether oxygens (including phenoxy) is 1. The van der Waals surface area contributed by atoms with Gasteiger partial charge in [0.05, 0.1) is 36.8 Å². The average Bonchev–Trinajstić information content (AvgIpc) is 3.27. The molecule has 1 aliphatic rings. The lowest BCUT2D eigenvalue weighted by Gasteiger charge is -2.24. The van der Waals surface area contributed by atoms with Crippen molar-refractivity contribution in [2.24, 2.45) is 0 Å². The molecule has 0 unspecified atom stereocenters. The van der Waals surface area contributed by atoms with Gasteiger partial charge in [-0.1, -0.05) is 30.3 Å². The maximum absolute atomic E-state index is 8.86. The third-order valence-corrected chi connectivity index (χ3v) is 5.15. The molecular formula is C23H24N6O. The summed E-state index contributed by atoms with van der Waals surface area (Å²) in [6.07, 6.45) is 5.62. The lowest BCUT2D eigenvalue weighted by Crippen LogP contribution is -2.28. The molecule has 0 radical (unpaired) electrons. The van der Waals surface area contributed by atoms with Crippen LogP contribution >= 0.6 is 0 Å². The Bertz CT molecular complexity index is 987. The number of nitrogens with one attached hydrogen (secondary N) is 1. The molecule has 7 heteroatoms. The number of rotatable bonds is 8. The second-order valence-electron chi connectivity index (χ2n) is 7.21. The van der Waals surface area contributed by atoms with Crippen molar-refractivity contribution < 1.29 is 4.74 Å². The summed E-state index contributed by atoms with van der Waals surface area (Å²) in [7, 11) is 0. The van der Waals surface area contributed by atoms with E-state index in [0.29, 0.717) is 24.9 Å². The van der Waals surface area contributed by atoms with E-state index in [2.05, 4.69) is 32.3 Å². The van der Waals surface area contributed by atoms with E-state index in [1.54, 1.807) is 24.5 Å². The van der Waals surface area contributed by atoms with Gasteiger partial charge in [-0.3, -0.25) is 4.90 Å². The van der Waals surface area contributed by atoms with Gasteiger partial charge in [0, 0.05) is 12.7 Å². The van der Waals surface area contributed by atoms with Crippen molar-refractivity contribution in [1.82, 2.24) is 19.9 Å². The summed E-state index contributed by atoms with van der Waals surface area (Å²) in [4.78, 5) is 15.5. The Morgan fingerprint density at radius 2 is 2.03 bits per heavy atom. The van der Waals surface area contributed by atoms with Crippen molar-refractivity contribution in [3.05, 3.63) is 77.9 Å². The van der Waals surface area contributed by atoms with E-state index in [1.165, 1.54) is 5.56 Å². The lowest BCUT2D eigenvalue weighted by atomic mass is 10.1. The minimum atomic E-state index is 0.271. The molecule has 1 fully saturated rings. The lowest BCUT2D eigenvalue weighted by molar-refractivity contribution is 0.0882. The van der Waals surface area contributed by atoms with Crippen molar-refractivity contribution in [2.45, 2.75) is 25.5 Å². The van der Waals surface area contributed by atoms with Gasteiger partial charge in [-0.05, 0) is 43.1 Å². The summed E-state index contributed by atoms with van der Waals surface area (Å²) in [6, 6.07) is 18.0. The molecule has 0 spiro atoms. The molecule has 4 rings (SSSR count). The Labute approximate surface area is 176 Å². The fourth-order valence-electron chi connectivity index (χ4n) is 3.66. The molecule has 3 heterocycles. The number of benzene rings is 1. The molecule has 0 saturated carbocycles. The first-order valence-corrected chi connectivity index (χ1v) is 10.1. The first kappa shape index (κ1) is 20.0. The van der Waals surface area contributed by atoms with Gasteiger partial charge in [-0.15, -0.1) is 0 Å². The Hall–Kier alpha value is -3.34. The van der Waals surface area contributed by atoms with E-state index in [-0.39, 0.29) is 6.04 Å². The number of nitrogens with zero attached hydrogens (tertiary/aromatic N) is 5. The third-order valence-electron chi connectivity index (χ3n) is 5.15. The van der Waals surface area contributed by atoms with E-state index in [4.69, 9.17) is 15.0 Å². The second-order valence-corrected chi connectivity index (χ2v) is 7.21. The molecule has 1 N–H and O–H groups in total. The van der Waals surface area contributed by atoms with Crippen molar-refractivity contribution in [3.63, 3.8) is 0 Å². The summed E-state index contributed by atoms with van der Waals surface area (Å²) in [5.74, 6) is 0.534.